The van der Waals surface area contributed by atoms with Gasteiger partial charge in [0.15, 0.2) is 0 Å². The molecule has 0 radical (unpaired) electrons. The molecule has 202 valence electrons. The van der Waals surface area contributed by atoms with Crippen molar-refractivity contribution in [2.24, 2.45) is 28.6 Å². The van der Waals surface area contributed by atoms with Gasteiger partial charge in [-0.2, -0.15) is 0 Å². The number of hydrogen-bond acceptors (Lipinski definition) is 8. The summed E-state index contributed by atoms with van der Waals surface area (Å²) in [7, 11) is 0. The van der Waals surface area contributed by atoms with Crippen molar-refractivity contribution < 1.29 is 39.9 Å². The first-order valence-electron chi connectivity index (χ1n) is 13.6. The smallest absolute Gasteiger partial charge is 0.336 e. The van der Waals surface area contributed by atoms with Gasteiger partial charge in [0.2, 0.25) is 0 Å². The van der Waals surface area contributed by atoms with Crippen LogP contribution in [0.15, 0.2) is 11.1 Å². The summed E-state index contributed by atoms with van der Waals surface area (Å²) >= 11 is 0. The molecule has 1 heterocycles. The van der Waals surface area contributed by atoms with E-state index in [-0.39, 0.29) is 29.6 Å². The van der Waals surface area contributed by atoms with Gasteiger partial charge in [-0.05, 0) is 83.5 Å². The monoisotopic (exact) mass is 506 g/mol. The lowest BCUT2D eigenvalue weighted by Crippen LogP contribution is -2.73. The van der Waals surface area contributed by atoms with Crippen LogP contribution in [-0.2, 0) is 14.3 Å². The van der Waals surface area contributed by atoms with Crippen molar-refractivity contribution in [3.8, 4) is 0 Å². The third-order valence-electron chi connectivity index (χ3n) is 11.9. The van der Waals surface area contributed by atoms with Gasteiger partial charge >= 0.3 is 5.97 Å². The van der Waals surface area contributed by atoms with E-state index in [1.165, 1.54) is 0 Å². The number of hydrogen-bond donors (Lipinski definition) is 5. The maximum absolute atomic E-state index is 13.3. The second-order valence-electron chi connectivity index (χ2n) is 13.1. The normalized spacial score (nSPS) is 50.6. The molecule has 4 fully saturated rings. The molecule has 0 unspecified atom stereocenters. The van der Waals surface area contributed by atoms with E-state index in [0.717, 1.165) is 0 Å². The van der Waals surface area contributed by atoms with Crippen LogP contribution in [0.3, 0.4) is 0 Å². The molecule has 10 atom stereocenters. The lowest BCUT2D eigenvalue weighted by atomic mass is 9.41. The first-order valence-corrected chi connectivity index (χ1v) is 13.6. The van der Waals surface area contributed by atoms with Crippen LogP contribution in [0.25, 0.3) is 0 Å². The van der Waals surface area contributed by atoms with Crippen LogP contribution in [0, 0.1) is 28.6 Å². The second-order valence-corrected chi connectivity index (χ2v) is 13.1. The Morgan fingerprint density at radius 2 is 1.75 bits per heavy atom. The number of aliphatic hydroxyl groups is 5. The second kappa shape index (κ2) is 8.09. The lowest BCUT2D eigenvalue weighted by molar-refractivity contribution is -0.276. The number of rotatable bonds is 3. The fourth-order valence-electron chi connectivity index (χ4n) is 9.57. The van der Waals surface area contributed by atoms with E-state index < -0.39 is 58.3 Å². The van der Waals surface area contributed by atoms with Gasteiger partial charge in [-0.1, -0.05) is 12.5 Å². The van der Waals surface area contributed by atoms with Gasteiger partial charge in [-0.15, -0.1) is 0 Å². The Bertz CT molecular complexity index is 1000. The van der Waals surface area contributed by atoms with E-state index in [2.05, 4.69) is 0 Å². The average Bonchev–Trinajstić information content (AvgIpc) is 3.09. The zero-order valence-electron chi connectivity index (χ0n) is 21.9. The zero-order chi connectivity index (χ0) is 26.5. The number of aliphatic hydroxyl groups excluding tert-OH is 2. The molecule has 4 saturated carbocycles. The largest absolute Gasteiger partial charge is 0.456 e. The molecular formula is C28H42O8. The van der Waals surface area contributed by atoms with Gasteiger partial charge in [0.05, 0.1) is 29.3 Å². The van der Waals surface area contributed by atoms with Crippen LogP contribution in [0.1, 0.15) is 85.5 Å². The molecular weight excluding hydrogens is 464 g/mol. The lowest BCUT2D eigenvalue weighted by Gasteiger charge is -2.66. The molecule has 0 bridgehead atoms. The van der Waals surface area contributed by atoms with Crippen molar-refractivity contribution in [2.75, 3.05) is 6.61 Å². The minimum Gasteiger partial charge on any atom is -0.456 e. The van der Waals surface area contributed by atoms with Gasteiger partial charge in [0.1, 0.15) is 23.1 Å². The molecule has 0 spiro atoms. The fourth-order valence-corrected chi connectivity index (χ4v) is 9.57. The van der Waals surface area contributed by atoms with E-state index >= 15 is 0 Å². The number of ether oxygens (including phenoxy) is 1. The fraction of sp³-hybridized carbons (Fsp3) is 0.857. The Kier molecular flexibility index (Phi) is 5.91. The predicted molar refractivity (Wildman–Crippen MR) is 129 cm³/mol. The maximum Gasteiger partial charge on any atom is 0.336 e. The number of fused-ring (bicyclic) bond motifs is 5. The highest BCUT2D eigenvalue weighted by Gasteiger charge is 2.74. The highest BCUT2D eigenvalue weighted by Crippen LogP contribution is 2.70. The molecule has 0 aromatic rings. The van der Waals surface area contributed by atoms with Crippen LogP contribution < -0.4 is 0 Å². The summed E-state index contributed by atoms with van der Waals surface area (Å²) in [5.74, 6) is -1.69. The Balaban J connectivity index is 1.49. The highest BCUT2D eigenvalue weighted by molar-refractivity contribution is 5.90. The van der Waals surface area contributed by atoms with E-state index in [1.54, 1.807) is 20.8 Å². The number of carbonyl (C=O) groups is 2. The molecule has 5 rings (SSSR count). The summed E-state index contributed by atoms with van der Waals surface area (Å²) in [5.41, 5.74) is -5.09. The summed E-state index contributed by atoms with van der Waals surface area (Å²) in [4.78, 5) is 25.8. The van der Waals surface area contributed by atoms with Gasteiger partial charge in [0, 0.05) is 18.3 Å². The van der Waals surface area contributed by atoms with Crippen molar-refractivity contribution in [1.29, 1.82) is 0 Å². The first kappa shape index (κ1) is 26.3. The van der Waals surface area contributed by atoms with E-state index in [4.69, 9.17) is 4.74 Å². The molecule has 0 amide bonds. The maximum atomic E-state index is 13.3. The molecule has 36 heavy (non-hydrogen) atoms. The SMILES string of the molecule is CC1=C(CO)C(=O)O[C@@H]([C@](C)(O)[C@H]2CC[C@@]3(O)[C@@H]4C[C@@H](O)[C@@]5(O)CCCC(=O)[C@]5(C)[C@@H]4CC[C@]23C)C1. The summed E-state index contributed by atoms with van der Waals surface area (Å²) in [6.07, 6.45) is 1.98. The summed E-state index contributed by atoms with van der Waals surface area (Å²) in [6, 6.07) is 0. The van der Waals surface area contributed by atoms with Crippen molar-refractivity contribution in [1.82, 2.24) is 0 Å². The van der Waals surface area contributed by atoms with Crippen molar-refractivity contribution in [3.63, 3.8) is 0 Å². The third-order valence-corrected chi connectivity index (χ3v) is 11.9. The minimum atomic E-state index is -1.48. The number of carbonyl (C=O) groups excluding carboxylic acids is 2. The highest BCUT2D eigenvalue weighted by atomic mass is 16.6. The number of ketones is 1. The number of Topliss-reactive ketones (excluding diaryl/α,β-unsaturated/α-hetero) is 1. The predicted octanol–water partition coefficient (Wildman–Crippen LogP) is 1.79. The number of cyclic esters (lactones) is 1. The third kappa shape index (κ3) is 3.05. The molecule has 8 heteroatoms. The first-order chi connectivity index (χ1) is 16.7. The van der Waals surface area contributed by atoms with Gasteiger partial charge in [0.25, 0.3) is 0 Å². The quantitative estimate of drug-likeness (QED) is 0.365. The Labute approximate surface area is 212 Å². The molecule has 0 aromatic carbocycles. The minimum absolute atomic E-state index is 0.0326. The van der Waals surface area contributed by atoms with Gasteiger partial charge in [-0.3, -0.25) is 4.79 Å². The standard InChI is InChI=1S/C28H42O8/c1-15-12-22(36-23(32)16(15)14-29)26(4,33)19-8-11-27(34)18-13-21(31)28(35)9-5-6-20(30)25(28,3)17(18)7-10-24(19,27)2/h17-19,21-22,29,31,33-35H,5-14H2,1-4H3/t17-,18-,19+,21-,22-,24-,25+,26-,27-,28+/m1/s1. The van der Waals surface area contributed by atoms with Crippen LogP contribution in [0.5, 0.6) is 0 Å². The Morgan fingerprint density at radius 1 is 1.06 bits per heavy atom. The van der Waals surface area contributed by atoms with Crippen LogP contribution in [0.4, 0.5) is 0 Å². The molecule has 0 aromatic heterocycles. The van der Waals surface area contributed by atoms with E-state index in [0.29, 0.717) is 56.9 Å². The summed E-state index contributed by atoms with van der Waals surface area (Å²) < 4.78 is 5.63. The summed E-state index contributed by atoms with van der Waals surface area (Å²) in [5, 5.41) is 56.6. The zero-order valence-corrected chi connectivity index (χ0v) is 21.9. The van der Waals surface area contributed by atoms with E-state index in [9.17, 15) is 35.1 Å². The summed E-state index contributed by atoms with van der Waals surface area (Å²) in [6.45, 7) is 6.81. The molecule has 5 N–H and O–H groups in total. The molecule has 0 saturated heterocycles. The van der Waals surface area contributed by atoms with Gasteiger partial charge in [-0.25, -0.2) is 4.79 Å². The van der Waals surface area contributed by atoms with Crippen molar-refractivity contribution in [3.05, 3.63) is 11.1 Å². The average molecular weight is 507 g/mol. The molecule has 4 aliphatic carbocycles. The van der Waals surface area contributed by atoms with Crippen molar-refractivity contribution >= 4 is 11.8 Å². The number of esters is 1. The van der Waals surface area contributed by atoms with Crippen LogP contribution in [0.2, 0.25) is 0 Å². The Morgan fingerprint density at radius 3 is 2.39 bits per heavy atom. The Hall–Kier alpha value is -1.32. The topological polar surface area (TPSA) is 145 Å². The van der Waals surface area contributed by atoms with E-state index in [1.807, 2.05) is 6.92 Å². The molecule has 8 nitrogen and oxygen atoms in total. The van der Waals surface area contributed by atoms with Gasteiger partial charge < -0.3 is 30.3 Å². The van der Waals surface area contributed by atoms with Crippen molar-refractivity contribution in [2.45, 2.75) is 114 Å². The molecule has 5 aliphatic rings. The van der Waals surface area contributed by atoms with Crippen LogP contribution >= 0.6 is 0 Å². The molecule has 1 aliphatic heterocycles. The van der Waals surface area contributed by atoms with Crippen LogP contribution in [-0.4, -0.2) is 72.9 Å².